The normalized spacial score (nSPS) is 10.9. The molecule has 0 bridgehead atoms. The van der Waals surface area contributed by atoms with Gasteiger partial charge in [0.2, 0.25) is 0 Å². The Morgan fingerprint density at radius 2 is 1.46 bits per heavy atom. The Hall–Kier alpha value is -1.27. The van der Waals surface area contributed by atoms with Gasteiger partial charge in [0.1, 0.15) is 0 Å². The van der Waals surface area contributed by atoms with Crippen LogP contribution in [-0.2, 0) is 26.2 Å². The summed E-state index contributed by atoms with van der Waals surface area (Å²) in [4.78, 5) is 0. The summed E-state index contributed by atoms with van der Waals surface area (Å²) in [6.07, 6.45) is 10.0. The summed E-state index contributed by atoms with van der Waals surface area (Å²) >= 11 is 0. The molecular weight excluding hydrogens is 438 g/mol. The van der Waals surface area contributed by atoms with Crippen molar-refractivity contribution in [2.75, 3.05) is 0 Å². The third-order valence-electron chi connectivity index (χ3n) is 4.09. The third-order valence-corrected chi connectivity index (χ3v) is 4.09. The first-order valence-electron chi connectivity index (χ1n) is 7.61. The monoisotopic (exact) mass is 456 g/mol. The van der Waals surface area contributed by atoms with E-state index in [-0.39, 0.29) is 58.4 Å². The molecule has 1 aliphatic rings. The van der Waals surface area contributed by atoms with E-state index in [2.05, 4.69) is 78.9 Å². The van der Waals surface area contributed by atoms with Crippen molar-refractivity contribution in [3.05, 3.63) is 91.0 Å². The standard InChI is InChI=1S/C17H11.C5H5.CH4.2ClH.Zr/c1-3-7-15-12(5-1)9-10-14-11-13-6-2-4-8-16(13)17(14)15;1-2-4-5-3-1;;;;/h1-11H;1-3H,4H2;1H4;2*1H;/q2*-1;;;;+4/p-2. The third kappa shape index (κ3) is 4.92. The van der Waals surface area contributed by atoms with Gasteiger partial charge in [-0.3, -0.25) is 6.08 Å². The van der Waals surface area contributed by atoms with Crippen molar-refractivity contribution >= 4 is 32.3 Å². The zero-order valence-electron chi connectivity index (χ0n) is 13.5. The van der Waals surface area contributed by atoms with E-state index in [9.17, 15) is 0 Å². The largest absolute Gasteiger partial charge is 4.00 e. The van der Waals surface area contributed by atoms with Crippen molar-refractivity contribution in [3.63, 3.8) is 0 Å². The molecule has 4 aromatic carbocycles. The van der Waals surface area contributed by atoms with E-state index in [1.54, 1.807) is 0 Å². The molecule has 0 aliphatic heterocycles. The molecule has 0 radical (unpaired) electrons. The summed E-state index contributed by atoms with van der Waals surface area (Å²) in [6, 6.07) is 23.9. The van der Waals surface area contributed by atoms with Crippen molar-refractivity contribution in [2.45, 2.75) is 13.8 Å². The minimum atomic E-state index is 0. The summed E-state index contributed by atoms with van der Waals surface area (Å²) in [7, 11) is 0. The molecule has 130 valence electrons. The zero-order valence-corrected chi connectivity index (χ0v) is 17.5. The molecule has 0 heterocycles. The van der Waals surface area contributed by atoms with Gasteiger partial charge in [-0.25, -0.2) is 12.2 Å². The number of allylic oxidation sites excluding steroid dienone is 4. The Labute approximate surface area is 187 Å². The minimum absolute atomic E-state index is 0. The Morgan fingerprint density at radius 3 is 2.12 bits per heavy atom. The van der Waals surface area contributed by atoms with E-state index in [0.29, 0.717) is 0 Å². The number of hydrogen-bond acceptors (Lipinski definition) is 0. The van der Waals surface area contributed by atoms with Crippen molar-refractivity contribution in [2.24, 2.45) is 0 Å². The smallest absolute Gasteiger partial charge is 1.00 e. The number of benzene rings is 3. The van der Waals surface area contributed by atoms with Crippen LogP contribution in [-0.4, -0.2) is 0 Å². The van der Waals surface area contributed by atoms with E-state index in [0.717, 1.165) is 6.42 Å². The molecule has 3 heteroatoms. The van der Waals surface area contributed by atoms with Crippen LogP contribution in [0.4, 0.5) is 0 Å². The van der Waals surface area contributed by atoms with Crippen LogP contribution in [0.2, 0.25) is 0 Å². The molecule has 0 aromatic heterocycles. The van der Waals surface area contributed by atoms with Crippen LogP contribution < -0.4 is 24.8 Å². The van der Waals surface area contributed by atoms with Crippen LogP contribution in [0.25, 0.3) is 32.3 Å². The van der Waals surface area contributed by atoms with Crippen LogP contribution in [0.15, 0.2) is 85.0 Å². The number of hydrogen-bond donors (Lipinski definition) is 0. The van der Waals surface area contributed by atoms with Gasteiger partial charge >= 0.3 is 26.2 Å². The van der Waals surface area contributed by atoms with E-state index >= 15 is 0 Å². The maximum Gasteiger partial charge on any atom is 4.00 e. The van der Waals surface area contributed by atoms with Gasteiger partial charge in [0.25, 0.3) is 0 Å². The Kier molecular flexibility index (Phi) is 10.9. The van der Waals surface area contributed by atoms with Crippen molar-refractivity contribution in [1.29, 1.82) is 0 Å². The fourth-order valence-corrected chi connectivity index (χ4v) is 3.07. The van der Waals surface area contributed by atoms with Crippen molar-refractivity contribution in [3.8, 4) is 0 Å². The number of fused-ring (bicyclic) bond motifs is 5. The molecule has 5 rings (SSSR count). The van der Waals surface area contributed by atoms with E-state index in [4.69, 9.17) is 0 Å². The summed E-state index contributed by atoms with van der Waals surface area (Å²) in [5, 5.41) is 8.09. The zero-order chi connectivity index (χ0) is 14.8. The van der Waals surface area contributed by atoms with E-state index in [1.807, 2.05) is 12.2 Å². The molecular formula is C23H20Cl2Zr. The van der Waals surface area contributed by atoms with Gasteiger partial charge in [0.05, 0.1) is 0 Å². The molecule has 0 N–H and O–H groups in total. The molecule has 0 atom stereocenters. The van der Waals surface area contributed by atoms with Crippen LogP contribution >= 0.6 is 0 Å². The van der Waals surface area contributed by atoms with E-state index < -0.39 is 0 Å². The summed E-state index contributed by atoms with van der Waals surface area (Å²) in [5.41, 5.74) is 0. The average molecular weight is 459 g/mol. The van der Waals surface area contributed by atoms with Gasteiger partial charge in [-0.15, -0.1) is 46.2 Å². The second-order valence-corrected chi connectivity index (χ2v) is 5.49. The number of halogens is 2. The molecule has 0 saturated carbocycles. The second-order valence-electron chi connectivity index (χ2n) is 5.49. The molecule has 0 amide bonds. The van der Waals surface area contributed by atoms with Gasteiger partial charge in [-0.2, -0.15) is 6.08 Å². The summed E-state index contributed by atoms with van der Waals surface area (Å²) < 4.78 is 0. The Bertz CT molecular complexity index is 996. The van der Waals surface area contributed by atoms with Crippen molar-refractivity contribution in [1.82, 2.24) is 0 Å². The van der Waals surface area contributed by atoms with Crippen LogP contribution in [0, 0.1) is 6.08 Å². The Morgan fingerprint density at radius 1 is 0.769 bits per heavy atom. The molecule has 0 saturated heterocycles. The first kappa shape index (κ1) is 24.7. The molecule has 0 fully saturated rings. The van der Waals surface area contributed by atoms with Crippen LogP contribution in [0.3, 0.4) is 0 Å². The molecule has 0 spiro atoms. The van der Waals surface area contributed by atoms with Gasteiger partial charge in [0.15, 0.2) is 0 Å². The maximum absolute atomic E-state index is 2.99. The maximum atomic E-state index is 2.99. The quantitative estimate of drug-likeness (QED) is 0.342. The first-order chi connectivity index (χ1) is 10.9. The average Bonchev–Trinajstić information content (AvgIpc) is 3.25. The SMILES string of the molecule is C.[C-]1=CC=CC1.[Cl-].[Cl-].[Zr+4].c1ccc2c(c1)ccc1[cH-]c3ccccc3c12. The van der Waals surface area contributed by atoms with Gasteiger partial charge in [-0.1, -0.05) is 61.3 Å². The molecule has 26 heavy (non-hydrogen) atoms. The van der Waals surface area contributed by atoms with Gasteiger partial charge < -0.3 is 24.8 Å². The minimum Gasteiger partial charge on any atom is -1.00 e. The fourth-order valence-electron chi connectivity index (χ4n) is 3.07. The Balaban J connectivity index is 0.000000615. The fraction of sp³-hybridized carbons (Fsp3) is 0.0870. The molecule has 0 unspecified atom stereocenters. The first-order valence-corrected chi connectivity index (χ1v) is 7.61. The summed E-state index contributed by atoms with van der Waals surface area (Å²) in [5.74, 6) is 0. The van der Waals surface area contributed by atoms with Crippen molar-refractivity contribution < 1.29 is 51.0 Å². The van der Waals surface area contributed by atoms with Crippen LogP contribution in [0.1, 0.15) is 13.8 Å². The topological polar surface area (TPSA) is 0 Å². The molecule has 4 aromatic rings. The second kappa shape index (κ2) is 11.4. The summed E-state index contributed by atoms with van der Waals surface area (Å²) in [6.45, 7) is 0. The predicted molar refractivity (Wildman–Crippen MR) is 103 cm³/mol. The predicted octanol–water partition coefficient (Wildman–Crippen LogP) is 0.812. The van der Waals surface area contributed by atoms with Gasteiger partial charge in [-0.05, 0) is 5.39 Å². The van der Waals surface area contributed by atoms with Gasteiger partial charge in [0, 0.05) is 0 Å². The van der Waals surface area contributed by atoms with E-state index in [1.165, 1.54) is 32.3 Å². The van der Waals surface area contributed by atoms with Crippen LogP contribution in [0.5, 0.6) is 0 Å². The molecule has 0 nitrogen and oxygen atoms in total. The molecule has 1 aliphatic carbocycles. The number of rotatable bonds is 0.